The normalized spacial score (nSPS) is 12.6. The van der Waals surface area contributed by atoms with Gasteiger partial charge in [-0.05, 0) is 33.6 Å². The number of aliphatic carboxylic acids is 1. The van der Waals surface area contributed by atoms with Gasteiger partial charge in [0, 0.05) is 19.4 Å². The Labute approximate surface area is 149 Å². The molecule has 0 bridgehead atoms. The highest BCUT2D eigenvalue weighted by molar-refractivity contribution is 5.80. The van der Waals surface area contributed by atoms with Crippen LogP contribution in [0.5, 0.6) is 0 Å². The summed E-state index contributed by atoms with van der Waals surface area (Å²) >= 11 is 0. The molecule has 3 N–H and O–H groups in total. The van der Waals surface area contributed by atoms with Crippen molar-refractivity contribution in [3.63, 3.8) is 0 Å². The molecular formula is C17H31NO7. The molecule has 0 amide bonds. The van der Waals surface area contributed by atoms with E-state index in [1.807, 2.05) is 20.8 Å². The average Bonchev–Trinajstić information content (AvgIpc) is 2.48. The maximum atomic E-state index is 11.5. The first kappa shape index (κ1) is 23.5. The van der Waals surface area contributed by atoms with Gasteiger partial charge in [0.15, 0.2) is 0 Å². The molecule has 0 aliphatic heterocycles. The Bertz CT molecular complexity index is 418. The van der Waals surface area contributed by atoms with Crippen molar-refractivity contribution in [1.82, 2.24) is 0 Å². The van der Waals surface area contributed by atoms with Gasteiger partial charge < -0.3 is 25.1 Å². The highest BCUT2D eigenvalue weighted by Crippen LogP contribution is 2.08. The molecular weight excluding hydrogens is 330 g/mol. The minimum atomic E-state index is -1.09. The number of ether oxygens (including phenoxy) is 3. The van der Waals surface area contributed by atoms with Gasteiger partial charge in [-0.25, -0.2) is 0 Å². The second-order valence-corrected chi connectivity index (χ2v) is 6.69. The van der Waals surface area contributed by atoms with Crippen LogP contribution in [-0.4, -0.2) is 60.9 Å². The van der Waals surface area contributed by atoms with E-state index in [2.05, 4.69) is 0 Å². The van der Waals surface area contributed by atoms with Gasteiger partial charge in [-0.3, -0.25) is 14.4 Å². The Hall–Kier alpha value is -1.51. The molecule has 8 nitrogen and oxygen atoms in total. The van der Waals surface area contributed by atoms with Crippen LogP contribution in [0.25, 0.3) is 0 Å². The summed E-state index contributed by atoms with van der Waals surface area (Å²) in [6.07, 6.45) is 1.43. The van der Waals surface area contributed by atoms with Gasteiger partial charge in [-0.2, -0.15) is 0 Å². The highest BCUT2D eigenvalue weighted by atomic mass is 16.6. The molecule has 0 rings (SSSR count). The smallest absolute Gasteiger partial charge is 0.320 e. The first-order valence-corrected chi connectivity index (χ1v) is 8.49. The lowest BCUT2D eigenvalue weighted by Crippen LogP contribution is -2.30. The minimum Gasteiger partial charge on any atom is -0.480 e. The lowest BCUT2D eigenvalue weighted by molar-refractivity contribution is -0.156. The number of esters is 1. The van der Waals surface area contributed by atoms with Crippen LogP contribution in [0.15, 0.2) is 0 Å². The lowest BCUT2D eigenvalue weighted by Gasteiger charge is -2.19. The molecule has 0 saturated carbocycles. The predicted octanol–water partition coefficient (Wildman–Crippen LogP) is 1.29. The number of Topliss-reactive ketones (excluding diaryl/α,β-unsaturated/α-hetero) is 1. The zero-order valence-electron chi connectivity index (χ0n) is 15.4. The minimum absolute atomic E-state index is 0.0195. The van der Waals surface area contributed by atoms with Crippen molar-refractivity contribution in [2.24, 2.45) is 5.73 Å². The van der Waals surface area contributed by atoms with Gasteiger partial charge in [0.25, 0.3) is 0 Å². The first-order chi connectivity index (χ1) is 11.6. The van der Waals surface area contributed by atoms with E-state index < -0.39 is 17.6 Å². The second kappa shape index (κ2) is 12.8. The van der Waals surface area contributed by atoms with Crippen LogP contribution >= 0.6 is 0 Å². The molecule has 1 atom stereocenters. The Morgan fingerprint density at radius 3 is 2.12 bits per heavy atom. The molecule has 0 aliphatic carbocycles. The van der Waals surface area contributed by atoms with E-state index in [0.29, 0.717) is 32.7 Å². The maximum absolute atomic E-state index is 11.5. The standard InChI is InChI=1S/C17H31NO7/c1-17(2,3)25-15(20)8-10-24-12-11-23-9-4-5-13(19)6-7-14(18)16(21)22/h14H,4-12,18H2,1-3H3,(H,21,22)/t14-/m0/s1. The van der Waals surface area contributed by atoms with E-state index in [1.165, 1.54) is 0 Å². The number of carboxylic acid groups (broad SMARTS) is 1. The summed E-state index contributed by atoms with van der Waals surface area (Å²) < 4.78 is 15.7. The van der Waals surface area contributed by atoms with Crippen LogP contribution in [-0.2, 0) is 28.6 Å². The average molecular weight is 361 g/mol. The molecule has 0 aromatic rings. The van der Waals surface area contributed by atoms with Crippen LogP contribution in [0.1, 0.15) is 52.9 Å². The Morgan fingerprint density at radius 2 is 1.56 bits per heavy atom. The van der Waals surface area contributed by atoms with Crippen molar-refractivity contribution in [1.29, 1.82) is 0 Å². The fourth-order valence-corrected chi connectivity index (χ4v) is 1.81. The van der Waals surface area contributed by atoms with Crippen molar-refractivity contribution in [2.75, 3.05) is 26.4 Å². The van der Waals surface area contributed by atoms with Gasteiger partial charge >= 0.3 is 11.9 Å². The van der Waals surface area contributed by atoms with E-state index in [1.54, 1.807) is 0 Å². The highest BCUT2D eigenvalue weighted by Gasteiger charge is 2.15. The zero-order valence-corrected chi connectivity index (χ0v) is 15.4. The number of ketones is 1. The monoisotopic (exact) mass is 361 g/mol. The van der Waals surface area contributed by atoms with Gasteiger partial charge in [-0.15, -0.1) is 0 Å². The van der Waals surface area contributed by atoms with Crippen LogP contribution < -0.4 is 5.73 Å². The van der Waals surface area contributed by atoms with E-state index in [0.717, 1.165) is 0 Å². The zero-order chi connectivity index (χ0) is 19.3. The Kier molecular flexibility index (Phi) is 12.0. The van der Waals surface area contributed by atoms with E-state index in [4.69, 9.17) is 25.1 Å². The number of hydrogen-bond acceptors (Lipinski definition) is 7. The van der Waals surface area contributed by atoms with Crippen LogP contribution in [0.4, 0.5) is 0 Å². The number of rotatable bonds is 14. The summed E-state index contributed by atoms with van der Waals surface area (Å²) in [4.78, 5) is 33.5. The predicted molar refractivity (Wildman–Crippen MR) is 91.2 cm³/mol. The summed E-state index contributed by atoms with van der Waals surface area (Å²) in [6.45, 7) is 6.88. The molecule has 0 spiro atoms. The van der Waals surface area contributed by atoms with E-state index in [-0.39, 0.29) is 37.6 Å². The number of carboxylic acids is 1. The lowest BCUT2D eigenvalue weighted by atomic mass is 10.1. The third-order valence-corrected chi connectivity index (χ3v) is 3.04. The molecule has 0 unspecified atom stereocenters. The Morgan fingerprint density at radius 1 is 0.960 bits per heavy atom. The molecule has 146 valence electrons. The van der Waals surface area contributed by atoms with E-state index in [9.17, 15) is 14.4 Å². The van der Waals surface area contributed by atoms with Gasteiger partial charge in [0.2, 0.25) is 0 Å². The SMILES string of the molecule is CC(C)(C)OC(=O)CCOCCOCCCC(=O)CC[C@H](N)C(=O)O. The van der Waals surface area contributed by atoms with Crippen molar-refractivity contribution in [3.05, 3.63) is 0 Å². The summed E-state index contributed by atoms with van der Waals surface area (Å²) in [5.74, 6) is -1.41. The van der Waals surface area contributed by atoms with Crippen molar-refractivity contribution < 1.29 is 33.7 Å². The third kappa shape index (κ3) is 15.7. The molecule has 0 aliphatic rings. The van der Waals surface area contributed by atoms with Crippen molar-refractivity contribution >= 4 is 17.7 Å². The largest absolute Gasteiger partial charge is 0.480 e. The molecule has 0 heterocycles. The number of nitrogens with two attached hydrogens (primary N) is 1. The molecule has 0 fully saturated rings. The van der Waals surface area contributed by atoms with Crippen LogP contribution in [0, 0.1) is 0 Å². The molecule has 0 aromatic heterocycles. The summed E-state index contributed by atoms with van der Waals surface area (Å²) in [7, 11) is 0. The summed E-state index contributed by atoms with van der Waals surface area (Å²) in [5.41, 5.74) is 4.84. The molecule has 8 heteroatoms. The van der Waals surface area contributed by atoms with Gasteiger partial charge in [0.05, 0.1) is 26.2 Å². The summed E-state index contributed by atoms with van der Waals surface area (Å²) in [6, 6.07) is -0.988. The van der Waals surface area contributed by atoms with Gasteiger partial charge in [0.1, 0.15) is 17.4 Å². The first-order valence-electron chi connectivity index (χ1n) is 8.49. The fourth-order valence-electron chi connectivity index (χ4n) is 1.81. The number of carbonyl (C=O) groups excluding carboxylic acids is 2. The third-order valence-electron chi connectivity index (χ3n) is 3.04. The number of hydrogen-bond donors (Lipinski definition) is 2. The van der Waals surface area contributed by atoms with Crippen molar-refractivity contribution in [3.8, 4) is 0 Å². The van der Waals surface area contributed by atoms with Crippen molar-refractivity contribution in [2.45, 2.75) is 64.5 Å². The Balaban J connectivity index is 3.43. The maximum Gasteiger partial charge on any atom is 0.320 e. The molecule has 0 saturated heterocycles. The quantitative estimate of drug-likeness (QED) is 0.350. The van der Waals surface area contributed by atoms with Crippen LogP contribution in [0.2, 0.25) is 0 Å². The van der Waals surface area contributed by atoms with Gasteiger partial charge in [-0.1, -0.05) is 0 Å². The fraction of sp³-hybridized carbons (Fsp3) is 0.824. The molecule has 0 radical (unpaired) electrons. The number of carbonyl (C=O) groups is 3. The van der Waals surface area contributed by atoms with Crippen LogP contribution in [0.3, 0.4) is 0 Å². The van der Waals surface area contributed by atoms with E-state index >= 15 is 0 Å². The second-order valence-electron chi connectivity index (χ2n) is 6.69. The molecule has 0 aromatic carbocycles. The topological polar surface area (TPSA) is 125 Å². The molecule has 25 heavy (non-hydrogen) atoms. The summed E-state index contributed by atoms with van der Waals surface area (Å²) in [5, 5.41) is 8.62.